The highest BCUT2D eigenvalue weighted by molar-refractivity contribution is 5.87. The van der Waals surface area contributed by atoms with Crippen molar-refractivity contribution in [2.75, 3.05) is 0 Å². The SMILES string of the molecule is C[C@@H]1C[C@@H]2[C@H](CC[C@]3(C)C(=O)CC[C@@H]23)[C@H]2CCC(C)(O)C[C@@H]21. The van der Waals surface area contributed by atoms with Crippen molar-refractivity contribution in [1.29, 1.82) is 0 Å². The van der Waals surface area contributed by atoms with Crippen LogP contribution >= 0.6 is 0 Å². The van der Waals surface area contributed by atoms with E-state index in [0.717, 1.165) is 55.8 Å². The smallest absolute Gasteiger partial charge is 0.139 e. The summed E-state index contributed by atoms with van der Waals surface area (Å²) in [4.78, 5) is 12.4. The Morgan fingerprint density at radius 1 is 1.00 bits per heavy atom. The van der Waals surface area contributed by atoms with E-state index >= 15 is 0 Å². The van der Waals surface area contributed by atoms with E-state index in [1.54, 1.807) is 0 Å². The maximum atomic E-state index is 12.4. The highest BCUT2D eigenvalue weighted by atomic mass is 16.3. The summed E-state index contributed by atoms with van der Waals surface area (Å²) in [6.45, 7) is 6.72. The van der Waals surface area contributed by atoms with Gasteiger partial charge in [0.25, 0.3) is 0 Å². The van der Waals surface area contributed by atoms with Gasteiger partial charge in [0.2, 0.25) is 0 Å². The van der Waals surface area contributed by atoms with Crippen molar-refractivity contribution >= 4 is 5.78 Å². The maximum absolute atomic E-state index is 12.4. The molecule has 0 saturated heterocycles. The molecular weight excluding hydrogens is 272 g/mol. The van der Waals surface area contributed by atoms with Crippen LogP contribution in [0.25, 0.3) is 0 Å². The van der Waals surface area contributed by atoms with Gasteiger partial charge in [0.1, 0.15) is 5.78 Å². The molecule has 1 unspecified atom stereocenters. The first-order valence-corrected chi connectivity index (χ1v) is 9.57. The number of hydrogen-bond acceptors (Lipinski definition) is 2. The number of Topliss-reactive ketones (excluding diaryl/α,β-unsaturated/α-hetero) is 1. The van der Waals surface area contributed by atoms with Gasteiger partial charge >= 0.3 is 0 Å². The van der Waals surface area contributed by atoms with Crippen LogP contribution in [0.5, 0.6) is 0 Å². The van der Waals surface area contributed by atoms with E-state index < -0.39 is 5.60 Å². The van der Waals surface area contributed by atoms with E-state index in [2.05, 4.69) is 13.8 Å². The number of rotatable bonds is 0. The van der Waals surface area contributed by atoms with Gasteiger partial charge in [-0.25, -0.2) is 0 Å². The Hall–Kier alpha value is -0.370. The Morgan fingerprint density at radius 2 is 1.68 bits per heavy atom. The average Bonchev–Trinajstić information content (AvgIpc) is 2.75. The lowest BCUT2D eigenvalue weighted by Gasteiger charge is -2.57. The molecule has 0 radical (unpaired) electrons. The number of carbonyl (C=O) groups is 1. The summed E-state index contributed by atoms with van der Waals surface area (Å²) in [6, 6.07) is 0. The van der Waals surface area contributed by atoms with E-state index in [-0.39, 0.29) is 5.41 Å². The van der Waals surface area contributed by atoms with Gasteiger partial charge in [-0.3, -0.25) is 4.79 Å². The Morgan fingerprint density at radius 3 is 2.45 bits per heavy atom. The molecule has 4 saturated carbocycles. The molecule has 8 atom stereocenters. The van der Waals surface area contributed by atoms with Crippen molar-refractivity contribution in [2.24, 2.45) is 40.9 Å². The van der Waals surface area contributed by atoms with Crippen molar-refractivity contribution in [3.05, 3.63) is 0 Å². The third-order valence-electron chi connectivity index (χ3n) is 8.37. The van der Waals surface area contributed by atoms with Gasteiger partial charge in [-0.2, -0.15) is 0 Å². The summed E-state index contributed by atoms with van der Waals surface area (Å²) in [5.74, 6) is 5.07. The van der Waals surface area contributed by atoms with E-state index in [1.807, 2.05) is 6.92 Å². The van der Waals surface area contributed by atoms with E-state index in [4.69, 9.17) is 0 Å². The fourth-order valence-electron chi connectivity index (χ4n) is 7.17. The Balaban J connectivity index is 1.61. The van der Waals surface area contributed by atoms with Crippen LogP contribution in [0.1, 0.15) is 72.1 Å². The molecule has 2 heteroatoms. The van der Waals surface area contributed by atoms with Crippen LogP contribution < -0.4 is 0 Å². The normalized spacial score (nSPS) is 57.9. The zero-order chi connectivity index (χ0) is 15.7. The summed E-state index contributed by atoms with van der Waals surface area (Å²) in [6.07, 6.45) is 8.87. The van der Waals surface area contributed by atoms with Gasteiger partial charge in [-0.15, -0.1) is 0 Å². The Labute approximate surface area is 135 Å². The average molecular weight is 304 g/mol. The van der Waals surface area contributed by atoms with Crippen molar-refractivity contribution in [3.8, 4) is 0 Å². The standard InChI is InChI=1S/C20H32O2/c1-12-10-15-13(14-6-8-19(2,22)11-16(12)14)7-9-20(3)17(15)4-5-18(20)21/h12-17,22H,4-11H2,1-3H3/t12-,13-,14-,15-,16-,17+,19?,20+/m1/s1. The van der Waals surface area contributed by atoms with Crippen LogP contribution in [0.15, 0.2) is 0 Å². The molecule has 1 N–H and O–H groups in total. The van der Waals surface area contributed by atoms with Crippen molar-refractivity contribution in [3.63, 3.8) is 0 Å². The first kappa shape index (κ1) is 15.2. The molecule has 0 spiro atoms. The predicted octanol–water partition coefficient (Wildman–Crippen LogP) is 4.21. The molecule has 4 rings (SSSR count). The van der Waals surface area contributed by atoms with Gasteiger partial charge in [-0.1, -0.05) is 13.8 Å². The molecule has 4 fully saturated rings. The van der Waals surface area contributed by atoms with E-state index in [1.165, 1.54) is 19.3 Å². The molecule has 0 aromatic carbocycles. The van der Waals surface area contributed by atoms with Crippen LogP contribution in [-0.4, -0.2) is 16.5 Å². The summed E-state index contributed by atoms with van der Waals surface area (Å²) >= 11 is 0. The Bertz CT molecular complexity index is 482. The Kier molecular flexibility index (Phi) is 3.32. The largest absolute Gasteiger partial charge is 0.390 e. The van der Waals surface area contributed by atoms with Crippen LogP contribution in [-0.2, 0) is 4.79 Å². The quantitative estimate of drug-likeness (QED) is 0.728. The fourth-order valence-corrected chi connectivity index (χ4v) is 7.17. The topological polar surface area (TPSA) is 37.3 Å². The number of ketones is 1. The second kappa shape index (κ2) is 4.82. The minimum Gasteiger partial charge on any atom is -0.390 e. The number of aliphatic hydroxyl groups is 1. The highest BCUT2D eigenvalue weighted by Gasteiger charge is 2.58. The molecule has 0 heterocycles. The third kappa shape index (κ3) is 2.05. The number of hydrogen-bond donors (Lipinski definition) is 1. The lowest BCUT2D eigenvalue weighted by molar-refractivity contribution is -0.138. The molecule has 4 aliphatic rings. The predicted molar refractivity (Wildman–Crippen MR) is 87.3 cm³/mol. The van der Waals surface area contributed by atoms with Crippen LogP contribution in [0.4, 0.5) is 0 Å². The van der Waals surface area contributed by atoms with Crippen LogP contribution in [0.3, 0.4) is 0 Å². The molecule has 0 amide bonds. The van der Waals surface area contributed by atoms with Gasteiger partial charge in [0, 0.05) is 11.8 Å². The highest BCUT2D eigenvalue weighted by Crippen LogP contribution is 2.62. The molecule has 0 aromatic rings. The molecule has 2 nitrogen and oxygen atoms in total. The van der Waals surface area contributed by atoms with Gasteiger partial charge in [-0.05, 0) is 87.4 Å². The number of carbonyl (C=O) groups excluding carboxylic acids is 1. The second-order valence-corrected chi connectivity index (χ2v) is 9.63. The molecule has 124 valence electrons. The zero-order valence-electron chi connectivity index (χ0n) is 14.5. The molecule has 4 aliphatic carbocycles. The lowest BCUT2D eigenvalue weighted by atomic mass is 9.48. The van der Waals surface area contributed by atoms with Crippen molar-refractivity contribution in [2.45, 2.75) is 77.7 Å². The minimum absolute atomic E-state index is 0.00782. The molecule has 0 aromatic heterocycles. The first-order chi connectivity index (χ1) is 10.3. The van der Waals surface area contributed by atoms with Crippen LogP contribution in [0, 0.1) is 40.9 Å². The molecular formula is C20H32O2. The monoisotopic (exact) mass is 304 g/mol. The maximum Gasteiger partial charge on any atom is 0.139 e. The fraction of sp³-hybridized carbons (Fsp3) is 0.950. The number of fused-ring (bicyclic) bond motifs is 5. The van der Waals surface area contributed by atoms with Crippen molar-refractivity contribution < 1.29 is 9.90 Å². The minimum atomic E-state index is -0.436. The third-order valence-corrected chi connectivity index (χ3v) is 8.37. The van der Waals surface area contributed by atoms with Gasteiger partial charge in [0.15, 0.2) is 0 Å². The summed E-state index contributed by atoms with van der Waals surface area (Å²) < 4.78 is 0. The molecule has 0 aliphatic heterocycles. The van der Waals surface area contributed by atoms with Crippen molar-refractivity contribution in [1.82, 2.24) is 0 Å². The zero-order valence-corrected chi connectivity index (χ0v) is 14.5. The van der Waals surface area contributed by atoms with Crippen LogP contribution in [0.2, 0.25) is 0 Å². The summed E-state index contributed by atoms with van der Waals surface area (Å²) in [7, 11) is 0. The van der Waals surface area contributed by atoms with Gasteiger partial charge < -0.3 is 5.11 Å². The summed E-state index contributed by atoms with van der Waals surface area (Å²) in [5.41, 5.74) is -0.428. The first-order valence-electron chi connectivity index (χ1n) is 9.57. The van der Waals surface area contributed by atoms with E-state index in [9.17, 15) is 9.90 Å². The lowest BCUT2D eigenvalue weighted by Crippen LogP contribution is -2.52. The van der Waals surface area contributed by atoms with E-state index in [0.29, 0.717) is 17.6 Å². The summed E-state index contributed by atoms with van der Waals surface area (Å²) in [5, 5.41) is 10.5. The molecule has 22 heavy (non-hydrogen) atoms. The second-order valence-electron chi connectivity index (χ2n) is 9.63. The van der Waals surface area contributed by atoms with Gasteiger partial charge in [0.05, 0.1) is 5.60 Å². The molecule has 0 bridgehead atoms.